The third kappa shape index (κ3) is 3.02. The molecule has 0 amide bonds. The van der Waals surface area contributed by atoms with E-state index < -0.39 is 0 Å². The SMILES string of the molecule is CC1CN(c2ccc(Br)cc2)C(C)(C)CCN1. The van der Waals surface area contributed by atoms with E-state index in [0.29, 0.717) is 6.04 Å². The van der Waals surface area contributed by atoms with Crippen LogP contribution in [0.15, 0.2) is 28.7 Å². The van der Waals surface area contributed by atoms with E-state index in [0.717, 1.165) is 17.6 Å². The minimum Gasteiger partial charge on any atom is -0.365 e. The van der Waals surface area contributed by atoms with Gasteiger partial charge in [0.2, 0.25) is 0 Å². The molecule has 1 unspecified atom stereocenters. The second-order valence-electron chi connectivity index (χ2n) is 5.50. The molecule has 2 nitrogen and oxygen atoms in total. The molecule has 2 rings (SSSR count). The topological polar surface area (TPSA) is 15.3 Å². The lowest BCUT2D eigenvalue weighted by Crippen LogP contribution is -2.46. The Morgan fingerprint density at radius 1 is 1.29 bits per heavy atom. The van der Waals surface area contributed by atoms with Gasteiger partial charge in [0, 0.05) is 28.3 Å². The molecule has 0 radical (unpaired) electrons. The van der Waals surface area contributed by atoms with Crippen LogP contribution in [0.25, 0.3) is 0 Å². The Kier molecular flexibility index (Phi) is 3.79. The van der Waals surface area contributed by atoms with E-state index in [-0.39, 0.29) is 5.54 Å². The lowest BCUT2D eigenvalue weighted by atomic mass is 9.97. The van der Waals surface area contributed by atoms with Gasteiger partial charge in [-0.25, -0.2) is 0 Å². The van der Waals surface area contributed by atoms with Gasteiger partial charge in [-0.2, -0.15) is 0 Å². The van der Waals surface area contributed by atoms with Crippen LogP contribution in [-0.4, -0.2) is 24.7 Å². The largest absolute Gasteiger partial charge is 0.365 e. The fourth-order valence-corrected chi connectivity index (χ4v) is 2.69. The molecular formula is C14H21BrN2. The molecule has 0 spiro atoms. The van der Waals surface area contributed by atoms with Gasteiger partial charge in [-0.05, 0) is 58.0 Å². The van der Waals surface area contributed by atoms with Crippen LogP contribution >= 0.6 is 15.9 Å². The molecule has 1 heterocycles. The molecule has 1 fully saturated rings. The summed E-state index contributed by atoms with van der Waals surface area (Å²) in [6.45, 7) is 9.08. The first-order chi connectivity index (χ1) is 7.99. The summed E-state index contributed by atoms with van der Waals surface area (Å²) in [5.74, 6) is 0. The van der Waals surface area contributed by atoms with E-state index >= 15 is 0 Å². The Balaban J connectivity index is 2.29. The third-order valence-electron chi connectivity index (χ3n) is 3.56. The van der Waals surface area contributed by atoms with Gasteiger partial charge in [-0.1, -0.05) is 15.9 Å². The first kappa shape index (κ1) is 12.9. The van der Waals surface area contributed by atoms with Crippen molar-refractivity contribution in [2.24, 2.45) is 0 Å². The Morgan fingerprint density at radius 2 is 1.94 bits per heavy atom. The van der Waals surface area contributed by atoms with Gasteiger partial charge in [-0.3, -0.25) is 0 Å². The molecule has 1 saturated heterocycles. The number of rotatable bonds is 1. The summed E-state index contributed by atoms with van der Waals surface area (Å²) in [5, 5.41) is 3.56. The molecule has 1 aliphatic rings. The van der Waals surface area contributed by atoms with Crippen molar-refractivity contribution in [2.75, 3.05) is 18.0 Å². The summed E-state index contributed by atoms with van der Waals surface area (Å²) in [6.07, 6.45) is 1.17. The number of hydrogen-bond donors (Lipinski definition) is 1. The zero-order valence-corrected chi connectivity index (χ0v) is 12.4. The van der Waals surface area contributed by atoms with Crippen molar-refractivity contribution in [1.82, 2.24) is 5.32 Å². The quantitative estimate of drug-likeness (QED) is 0.854. The summed E-state index contributed by atoms with van der Waals surface area (Å²) in [4.78, 5) is 2.52. The smallest absolute Gasteiger partial charge is 0.0371 e. The van der Waals surface area contributed by atoms with Crippen molar-refractivity contribution in [3.05, 3.63) is 28.7 Å². The first-order valence-electron chi connectivity index (χ1n) is 6.26. The predicted octanol–water partition coefficient (Wildman–Crippen LogP) is 3.42. The van der Waals surface area contributed by atoms with Gasteiger partial charge in [0.15, 0.2) is 0 Å². The highest BCUT2D eigenvalue weighted by atomic mass is 79.9. The van der Waals surface area contributed by atoms with E-state index in [1.165, 1.54) is 12.1 Å². The van der Waals surface area contributed by atoms with Crippen LogP contribution in [0.2, 0.25) is 0 Å². The van der Waals surface area contributed by atoms with E-state index in [1.54, 1.807) is 0 Å². The number of hydrogen-bond acceptors (Lipinski definition) is 2. The standard InChI is InChI=1S/C14H21BrN2/c1-11-10-17(14(2,3)8-9-16-11)13-6-4-12(15)5-7-13/h4-7,11,16H,8-10H2,1-3H3. The molecule has 0 bridgehead atoms. The summed E-state index contributed by atoms with van der Waals surface area (Å²) in [7, 11) is 0. The lowest BCUT2D eigenvalue weighted by molar-refractivity contribution is 0.453. The molecule has 0 aliphatic carbocycles. The number of anilines is 1. The van der Waals surface area contributed by atoms with Crippen LogP contribution in [0.3, 0.4) is 0 Å². The molecule has 1 aromatic carbocycles. The highest BCUT2D eigenvalue weighted by Crippen LogP contribution is 2.29. The fraction of sp³-hybridized carbons (Fsp3) is 0.571. The summed E-state index contributed by atoms with van der Waals surface area (Å²) < 4.78 is 1.14. The Morgan fingerprint density at radius 3 is 2.59 bits per heavy atom. The van der Waals surface area contributed by atoms with Gasteiger partial charge < -0.3 is 10.2 Å². The molecular weight excluding hydrogens is 276 g/mol. The van der Waals surface area contributed by atoms with Crippen LogP contribution in [0.1, 0.15) is 27.2 Å². The maximum Gasteiger partial charge on any atom is 0.0371 e. The van der Waals surface area contributed by atoms with Crippen molar-refractivity contribution < 1.29 is 0 Å². The molecule has 94 valence electrons. The molecule has 0 saturated carbocycles. The lowest BCUT2D eigenvalue weighted by Gasteiger charge is -2.39. The molecule has 1 aromatic rings. The molecule has 1 N–H and O–H groups in total. The molecule has 17 heavy (non-hydrogen) atoms. The molecule has 1 aliphatic heterocycles. The van der Waals surface area contributed by atoms with Gasteiger partial charge in [-0.15, -0.1) is 0 Å². The van der Waals surface area contributed by atoms with E-state index in [9.17, 15) is 0 Å². The summed E-state index contributed by atoms with van der Waals surface area (Å²) >= 11 is 3.49. The highest BCUT2D eigenvalue weighted by Gasteiger charge is 2.30. The van der Waals surface area contributed by atoms with Gasteiger partial charge in [0.1, 0.15) is 0 Å². The third-order valence-corrected chi connectivity index (χ3v) is 4.08. The van der Waals surface area contributed by atoms with Crippen LogP contribution < -0.4 is 10.2 Å². The monoisotopic (exact) mass is 296 g/mol. The van der Waals surface area contributed by atoms with Gasteiger partial charge >= 0.3 is 0 Å². The average molecular weight is 297 g/mol. The number of nitrogens with zero attached hydrogens (tertiary/aromatic N) is 1. The highest BCUT2D eigenvalue weighted by molar-refractivity contribution is 9.10. The Labute approximate surface area is 113 Å². The predicted molar refractivity (Wildman–Crippen MR) is 77.6 cm³/mol. The van der Waals surface area contributed by atoms with Crippen LogP contribution in [0.5, 0.6) is 0 Å². The van der Waals surface area contributed by atoms with Crippen molar-refractivity contribution in [3.63, 3.8) is 0 Å². The first-order valence-corrected chi connectivity index (χ1v) is 7.05. The van der Waals surface area contributed by atoms with Crippen molar-refractivity contribution in [1.29, 1.82) is 0 Å². The van der Waals surface area contributed by atoms with E-state index in [2.05, 4.69) is 71.2 Å². The van der Waals surface area contributed by atoms with Crippen molar-refractivity contribution in [3.8, 4) is 0 Å². The maximum absolute atomic E-state index is 3.56. The number of halogens is 1. The zero-order valence-electron chi connectivity index (χ0n) is 10.8. The second-order valence-corrected chi connectivity index (χ2v) is 6.42. The summed E-state index contributed by atoms with van der Waals surface area (Å²) in [5.41, 5.74) is 1.53. The fourth-order valence-electron chi connectivity index (χ4n) is 2.42. The van der Waals surface area contributed by atoms with Crippen LogP contribution in [0.4, 0.5) is 5.69 Å². The van der Waals surface area contributed by atoms with Gasteiger partial charge in [0.05, 0.1) is 0 Å². The zero-order chi connectivity index (χ0) is 12.5. The minimum absolute atomic E-state index is 0.214. The van der Waals surface area contributed by atoms with Crippen LogP contribution in [-0.2, 0) is 0 Å². The normalized spacial score (nSPS) is 24.5. The van der Waals surface area contributed by atoms with E-state index in [4.69, 9.17) is 0 Å². The minimum atomic E-state index is 0.214. The van der Waals surface area contributed by atoms with E-state index in [1.807, 2.05) is 0 Å². The maximum atomic E-state index is 3.56. The van der Waals surface area contributed by atoms with Crippen molar-refractivity contribution in [2.45, 2.75) is 38.8 Å². The number of nitrogens with one attached hydrogen (secondary N) is 1. The second kappa shape index (κ2) is 4.99. The van der Waals surface area contributed by atoms with Crippen molar-refractivity contribution >= 4 is 21.6 Å². The van der Waals surface area contributed by atoms with Gasteiger partial charge in [0.25, 0.3) is 0 Å². The molecule has 0 aromatic heterocycles. The Hall–Kier alpha value is -0.540. The number of benzene rings is 1. The molecule has 1 atom stereocenters. The Bertz CT molecular complexity index is 372. The average Bonchev–Trinajstić information content (AvgIpc) is 2.39. The van der Waals surface area contributed by atoms with Crippen LogP contribution in [0, 0.1) is 0 Å². The summed E-state index contributed by atoms with van der Waals surface area (Å²) in [6, 6.07) is 9.18. The molecule has 3 heteroatoms.